The third kappa shape index (κ3) is 8.00. The number of ether oxygens (including phenoxy) is 3. The maximum atomic E-state index is 13.4. The van der Waals surface area contributed by atoms with Crippen LogP contribution < -0.4 is 14.8 Å². The van der Waals surface area contributed by atoms with Gasteiger partial charge in [-0.3, -0.25) is 14.5 Å². The van der Waals surface area contributed by atoms with Crippen molar-refractivity contribution in [3.63, 3.8) is 0 Å². The smallest absolute Gasteiger partial charge is 0.338 e. The second-order valence-electron chi connectivity index (χ2n) is 8.95. The van der Waals surface area contributed by atoms with Crippen LogP contribution in [0.2, 0.25) is 0 Å². The van der Waals surface area contributed by atoms with Gasteiger partial charge in [0.1, 0.15) is 5.25 Å². The molecule has 0 spiro atoms. The average Bonchev–Trinajstić information content (AvgIpc) is 2.98. The fourth-order valence-corrected chi connectivity index (χ4v) is 5.58. The molecule has 1 atom stereocenters. The summed E-state index contributed by atoms with van der Waals surface area (Å²) in [4.78, 5) is 45.0. The Labute approximate surface area is 256 Å². The van der Waals surface area contributed by atoms with Gasteiger partial charge in [-0.05, 0) is 102 Å². The quantitative estimate of drug-likeness (QED) is 0.216. The van der Waals surface area contributed by atoms with Crippen molar-refractivity contribution in [2.24, 2.45) is 4.99 Å². The molecule has 1 aliphatic rings. The van der Waals surface area contributed by atoms with Gasteiger partial charge in [-0.15, -0.1) is 0 Å². The lowest BCUT2D eigenvalue weighted by Crippen LogP contribution is -2.46. The highest BCUT2D eigenvalue weighted by Gasteiger charge is 2.36. The molecule has 1 heterocycles. The number of thioether (sulfide) groups is 1. The molecule has 0 bridgehead atoms. The highest BCUT2D eigenvalue weighted by atomic mass is 127. The van der Waals surface area contributed by atoms with Crippen molar-refractivity contribution in [1.29, 1.82) is 0 Å². The van der Waals surface area contributed by atoms with Crippen molar-refractivity contribution < 1.29 is 28.6 Å². The molecule has 2 amide bonds. The monoisotopic (exact) mass is 687 g/mol. The zero-order valence-electron chi connectivity index (χ0n) is 22.9. The molecule has 3 aromatic carbocycles. The number of halogens is 1. The molecule has 0 aromatic heterocycles. The van der Waals surface area contributed by atoms with Crippen LogP contribution in [0, 0.1) is 3.57 Å². The molecule has 1 aliphatic heterocycles. The molecule has 41 heavy (non-hydrogen) atoms. The minimum absolute atomic E-state index is 0.0353. The topological polar surface area (TPSA) is 107 Å². The zero-order chi connectivity index (χ0) is 29.4. The molecular weight excluding hydrogens is 657 g/mol. The van der Waals surface area contributed by atoms with E-state index in [2.05, 4.69) is 27.9 Å². The summed E-state index contributed by atoms with van der Waals surface area (Å²) in [6.07, 6.45) is 0.570. The number of rotatable bonds is 10. The van der Waals surface area contributed by atoms with Gasteiger partial charge in [0.25, 0.3) is 0 Å². The third-order valence-corrected chi connectivity index (χ3v) is 8.13. The van der Waals surface area contributed by atoms with Crippen molar-refractivity contribution in [1.82, 2.24) is 4.90 Å². The van der Waals surface area contributed by atoms with Gasteiger partial charge >= 0.3 is 5.97 Å². The lowest BCUT2D eigenvalue weighted by Gasteiger charge is -2.32. The molecule has 1 saturated heterocycles. The number of hydrogen-bond acceptors (Lipinski definition) is 8. The fraction of sp³-hybridized carbons (Fsp3) is 0.267. The van der Waals surface area contributed by atoms with Crippen LogP contribution >= 0.6 is 34.4 Å². The van der Waals surface area contributed by atoms with Gasteiger partial charge in [-0.25, -0.2) is 9.79 Å². The van der Waals surface area contributed by atoms with Gasteiger partial charge in [-0.2, -0.15) is 0 Å². The number of nitrogens with zero attached hydrogens (tertiary/aromatic N) is 2. The number of aliphatic imine (C=N–C) groups is 1. The van der Waals surface area contributed by atoms with Gasteiger partial charge in [0.05, 0.1) is 32.1 Å². The lowest BCUT2D eigenvalue weighted by atomic mass is 10.1. The van der Waals surface area contributed by atoms with Crippen LogP contribution in [0.15, 0.2) is 71.7 Å². The molecule has 11 heteroatoms. The van der Waals surface area contributed by atoms with E-state index in [4.69, 9.17) is 19.2 Å². The van der Waals surface area contributed by atoms with E-state index < -0.39 is 11.2 Å². The predicted octanol–water partition coefficient (Wildman–Crippen LogP) is 5.69. The van der Waals surface area contributed by atoms with E-state index in [1.807, 2.05) is 42.5 Å². The first-order chi connectivity index (χ1) is 19.8. The molecule has 214 valence electrons. The Morgan fingerprint density at radius 1 is 1.02 bits per heavy atom. The Hall–Kier alpha value is -3.58. The largest absolute Gasteiger partial charge is 0.493 e. The van der Waals surface area contributed by atoms with Gasteiger partial charge < -0.3 is 19.5 Å². The number of hydrogen-bond donors (Lipinski definition) is 1. The second-order valence-corrected chi connectivity index (χ2v) is 11.4. The number of esters is 1. The van der Waals surface area contributed by atoms with Crippen molar-refractivity contribution in [3.05, 3.63) is 81.4 Å². The number of carbonyl (C=O) groups excluding carboxylic acids is 3. The van der Waals surface area contributed by atoms with E-state index in [1.54, 1.807) is 50.3 Å². The van der Waals surface area contributed by atoms with Gasteiger partial charge in [0.15, 0.2) is 16.7 Å². The predicted molar refractivity (Wildman–Crippen MR) is 168 cm³/mol. The van der Waals surface area contributed by atoms with Gasteiger partial charge in [0, 0.05) is 22.2 Å². The molecule has 1 N–H and O–H groups in total. The average molecular weight is 688 g/mol. The molecule has 1 fully saturated rings. The Morgan fingerprint density at radius 2 is 1.73 bits per heavy atom. The number of nitrogens with one attached hydrogen (secondary N) is 1. The lowest BCUT2D eigenvalue weighted by molar-refractivity contribution is -0.129. The Morgan fingerprint density at radius 3 is 2.39 bits per heavy atom. The first-order valence-corrected chi connectivity index (χ1v) is 14.9. The van der Waals surface area contributed by atoms with Crippen LogP contribution in [0.4, 0.5) is 11.4 Å². The van der Waals surface area contributed by atoms with Crippen LogP contribution in [0.3, 0.4) is 0 Å². The van der Waals surface area contributed by atoms with Crippen LogP contribution in [0.5, 0.6) is 11.5 Å². The van der Waals surface area contributed by atoms with E-state index in [0.717, 1.165) is 9.13 Å². The molecule has 0 aliphatic carbocycles. The maximum absolute atomic E-state index is 13.4. The van der Waals surface area contributed by atoms with E-state index in [0.29, 0.717) is 46.6 Å². The van der Waals surface area contributed by atoms with E-state index in [9.17, 15) is 14.4 Å². The second kappa shape index (κ2) is 14.4. The summed E-state index contributed by atoms with van der Waals surface area (Å²) in [6, 6.07) is 19.7. The number of anilines is 1. The van der Waals surface area contributed by atoms with Crippen molar-refractivity contribution >= 4 is 68.7 Å². The van der Waals surface area contributed by atoms with Crippen LogP contribution in [-0.4, -0.2) is 60.5 Å². The molecule has 1 unspecified atom stereocenters. The fourth-order valence-electron chi connectivity index (χ4n) is 4.09. The SMILES string of the molecule is CCOC(=O)c1ccc(N=C2SC(C(=O)Nc3ccc(I)cc3)CC(=O)N2CCc2ccc(OC)c(OC)c2)cc1. The van der Waals surface area contributed by atoms with Gasteiger partial charge in [-0.1, -0.05) is 17.8 Å². The molecule has 9 nitrogen and oxygen atoms in total. The first-order valence-electron chi connectivity index (χ1n) is 12.9. The van der Waals surface area contributed by atoms with E-state index in [1.165, 1.54) is 11.8 Å². The molecule has 0 radical (unpaired) electrons. The summed E-state index contributed by atoms with van der Waals surface area (Å²) in [7, 11) is 3.15. The summed E-state index contributed by atoms with van der Waals surface area (Å²) >= 11 is 3.44. The minimum Gasteiger partial charge on any atom is -0.493 e. The summed E-state index contributed by atoms with van der Waals surface area (Å²) in [5.74, 6) is 0.338. The summed E-state index contributed by atoms with van der Waals surface area (Å²) in [6.45, 7) is 2.38. The van der Waals surface area contributed by atoms with Crippen LogP contribution in [0.1, 0.15) is 29.3 Å². The Balaban J connectivity index is 1.57. The van der Waals surface area contributed by atoms with Crippen LogP contribution in [-0.2, 0) is 20.7 Å². The highest BCUT2D eigenvalue weighted by Crippen LogP contribution is 2.32. The molecule has 4 rings (SSSR count). The zero-order valence-corrected chi connectivity index (χ0v) is 25.9. The standard InChI is InChI=1S/C30H30IN3O6S/c1-4-40-29(37)20-6-10-23(11-7-20)33-30-34(16-15-19-5-14-24(38-2)25(17-19)39-3)27(35)18-26(41-30)28(36)32-22-12-8-21(31)9-13-22/h5-14,17,26H,4,15-16,18H2,1-3H3,(H,32,36). The van der Waals surface area contributed by atoms with Crippen molar-refractivity contribution in [3.8, 4) is 11.5 Å². The third-order valence-electron chi connectivity index (χ3n) is 6.22. The normalized spacial score (nSPS) is 15.9. The highest BCUT2D eigenvalue weighted by molar-refractivity contribution is 14.1. The maximum Gasteiger partial charge on any atom is 0.338 e. The van der Waals surface area contributed by atoms with Crippen LogP contribution in [0.25, 0.3) is 0 Å². The van der Waals surface area contributed by atoms with Crippen molar-refractivity contribution in [2.45, 2.75) is 25.0 Å². The number of amides is 2. The summed E-state index contributed by atoms with van der Waals surface area (Å²) in [5, 5.41) is 2.66. The molecular formula is C30H30IN3O6S. The summed E-state index contributed by atoms with van der Waals surface area (Å²) in [5.41, 5.74) is 2.57. The van der Waals surface area contributed by atoms with Gasteiger partial charge in [0.2, 0.25) is 11.8 Å². The number of methoxy groups -OCH3 is 2. The number of carbonyl (C=O) groups is 3. The number of amidine groups is 1. The van der Waals surface area contributed by atoms with Crippen molar-refractivity contribution in [2.75, 3.05) is 32.7 Å². The Bertz CT molecular complexity index is 1430. The van der Waals surface area contributed by atoms with E-state index >= 15 is 0 Å². The Kier molecular flexibility index (Phi) is 10.6. The summed E-state index contributed by atoms with van der Waals surface area (Å²) < 4.78 is 16.9. The molecule has 3 aromatic rings. The first kappa shape index (κ1) is 30.4. The van der Waals surface area contributed by atoms with E-state index in [-0.39, 0.29) is 24.8 Å². The molecule has 0 saturated carbocycles. The number of benzene rings is 3. The minimum atomic E-state index is -0.656.